The van der Waals surface area contributed by atoms with Gasteiger partial charge in [-0.2, -0.15) is 11.3 Å². The molecule has 7 heteroatoms. The molecule has 1 spiro atoms. The van der Waals surface area contributed by atoms with Gasteiger partial charge in [-0.05, 0) is 56.9 Å². The van der Waals surface area contributed by atoms with Crippen molar-refractivity contribution < 1.29 is 9.59 Å². The quantitative estimate of drug-likeness (QED) is 0.731. The molecule has 2 saturated heterocycles. The van der Waals surface area contributed by atoms with E-state index in [0.717, 1.165) is 37.2 Å². The zero-order valence-electron chi connectivity index (χ0n) is 17.8. The molecule has 6 nitrogen and oxygen atoms in total. The first-order valence-electron chi connectivity index (χ1n) is 11.1. The summed E-state index contributed by atoms with van der Waals surface area (Å²) >= 11 is 1.53. The Morgan fingerprint density at radius 2 is 2.20 bits per heavy atom. The van der Waals surface area contributed by atoms with Gasteiger partial charge in [-0.25, -0.2) is 4.98 Å². The lowest BCUT2D eigenvalue weighted by Gasteiger charge is -2.42. The van der Waals surface area contributed by atoms with E-state index >= 15 is 0 Å². The summed E-state index contributed by atoms with van der Waals surface area (Å²) in [5, 5.41) is 3.84. The Morgan fingerprint density at radius 3 is 2.87 bits per heavy atom. The fourth-order valence-electron chi connectivity index (χ4n) is 5.19. The summed E-state index contributed by atoms with van der Waals surface area (Å²) in [6.07, 6.45) is 8.26. The van der Waals surface area contributed by atoms with E-state index in [4.69, 9.17) is 4.98 Å². The van der Waals surface area contributed by atoms with Crippen LogP contribution in [-0.4, -0.2) is 57.3 Å². The van der Waals surface area contributed by atoms with Gasteiger partial charge in [-0.1, -0.05) is 0 Å². The Balaban J connectivity index is 1.49. The predicted octanol–water partition coefficient (Wildman–Crippen LogP) is 3.78. The standard InChI is InChI=1S/C23H30N4O2S/c1-16(2)27-12-20(24-15-27)19-11-26(21(28)18-6-9-30-13-18)14-23(19)7-3-8-25(22(23)29)10-17-4-5-17/h6,9,12-13,15-17,19H,3-5,7-8,10-11,14H2,1-2H3/t19-,23+/m1/s1. The minimum absolute atomic E-state index is 0.0357. The maximum Gasteiger partial charge on any atom is 0.254 e. The summed E-state index contributed by atoms with van der Waals surface area (Å²) in [7, 11) is 0. The van der Waals surface area contributed by atoms with E-state index in [0.29, 0.717) is 25.0 Å². The number of carbonyl (C=O) groups is 2. The number of imidazole rings is 1. The maximum atomic E-state index is 13.8. The third-order valence-electron chi connectivity index (χ3n) is 7.11. The molecule has 2 atom stereocenters. The van der Waals surface area contributed by atoms with Gasteiger partial charge in [0.2, 0.25) is 5.91 Å². The van der Waals surface area contributed by atoms with E-state index < -0.39 is 5.41 Å². The number of thiophene rings is 1. The van der Waals surface area contributed by atoms with Crippen molar-refractivity contribution in [1.29, 1.82) is 0 Å². The van der Waals surface area contributed by atoms with Gasteiger partial charge in [0.05, 0.1) is 23.0 Å². The molecule has 1 saturated carbocycles. The lowest BCUT2D eigenvalue weighted by Crippen LogP contribution is -2.52. The van der Waals surface area contributed by atoms with E-state index in [1.54, 1.807) is 0 Å². The van der Waals surface area contributed by atoms with Crippen molar-refractivity contribution in [2.24, 2.45) is 11.3 Å². The van der Waals surface area contributed by atoms with Gasteiger partial charge in [0.1, 0.15) is 0 Å². The summed E-state index contributed by atoms with van der Waals surface area (Å²) in [6.45, 7) is 7.05. The summed E-state index contributed by atoms with van der Waals surface area (Å²) in [5.41, 5.74) is 1.13. The molecule has 0 radical (unpaired) electrons. The van der Waals surface area contributed by atoms with Gasteiger partial charge in [0, 0.05) is 49.7 Å². The van der Waals surface area contributed by atoms with Gasteiger partial charge in [-0.3, -0.25) is 9.59 Å². The van der Waals surface area contributed by atoms with E-state index in [-0.39, 0.29) is 17.7 Å². The molecule has 2 aromatic rings. The number of nitrogens with zero attached hydrogens (tertiary/aromatic N) is 4. The summed E-state index contributed by atoms with van der Waals surface area (Å²) < 4.78 is 2.10. The highest BCUT2D eigenvalue weighted by Crippen LogP contribution is 2.50. The minimum atomic E-state index is -0.547. The number of piperidine rings is 1. The summed E-state index contributed by atoms with van der Waals surface area (Å²) in [6, 6.07) is 2.20. The number of likely N-dealkylation sites (tertiary alicyclic amines) is 2. The van der Waals surface area contributed by atoms with Crippen LogP contribution in [0.25, 0.3) is 0 Å². The van der Waals surface area contributed by atoms with E-state index in [1.165, 1.54) is 24.2 Å². The number of amides is 2. The minimum Gasteiger partial charge on any atom is -0.342 e. The molecule has 2 amide bonds. The van der Waals surface area contributed by atoms with Crippen LogP contribution in [0.15, 0.2) is 29.4 Å². The van der Waals surface area contributed by atoms with Crippen LogP contribution in [0.4, 0.5) is 0 Å². The lowest BCUT2D eigenvalue weighted by atomic mass is 9.70. The Hall–Kier alpha value is -2.15. The molecule has 2 aliphatic heterocycles. The number of carbonyl (C=O) groups excluding carboxylic acids is 2. The largest absolute Gasteiger partial charge is 0.342 e. The first kappa shape index (κ1) is 19.8. The number of rotatable bonds is 5. The van der Waals surface area contributed by atoms with Crippen molar-refractivity contribution in [2.75, 3.05) is 26.2 Å². The van der Waals surface area contributed by atoms with Gasteiger partial charge in [-0.15, -0.1) is 0 Å². The average molecular weight is 427 g/mol. The van der Waals surface area contributed by atoms with Gasteiger partial charge in [0.25, 0.3) is 5.91 Å². The molecule has 160 valence electrons. The van der Waals surface area contributed by atoms with Crippen molar-refractivity contribution in [2.45, 2.75) is 51.5 Å². The third kappa shape index (κ3) is 3.37. The zero-order valence-corrected chi connectivity index (χ0v) is 18.6. The Morgan fingerprint density at radius 1 is 1.37 bits per heavy atom. The monoisotopic (exact) mass is 426 g/mol. The normalized spacial score (nSPS) is 26.9. The van der Waals surface area contributed by atoms with Crippen LogP contribution in [0.2, 0.25) is 0 Å². The highest BCUT2D eigenvalue weighted by Gasteiger charge is 2.57. The second-order valence-corrected chi connectivity index (χ2v) is 10.3. The molecule has 2 aromatic heterocycles. The van der Waals surface area contributed by atoms with Crippen molar-refractivity contribution in [3.05, 3.63) is 40.6 Å². The number of aromatic nitrogens is 2. The molecule has 4 heterocycles. The van der Waals surface area contributed by atoms with Crippen LogP contribution in [0, 0.1) is 11.3 Å². The first-order chi connectivity index (χ1) is 14.5. The lowest BCUT2D eigenvalue weighted by molar-refractivity contribution is -0.146. The Labute approximate surface area is 181 Å². The number of hydrogen-bond donors (Lipinski definition) is 0. The van der Waals surface area contributed by atoms with Crippen molar-refractivity contribution in [1.82, 2.24) is 19.4 Å². The molecule has 1 aliphatic carbocycles. The van der Waals surface area contributed by atoms with Crippen molar-refractivity contribution in [3.8, 4) is 0 Å². The van der Waals surface area contributed by atoms with Crippen molar-refractivity contribution in [3.63, 3.8) is 0 Å². The summed E-state index contributed by atoms with van der Waals surface area (Å²) in [5.74, 6) is 0.904. The van der Waals surface area contributed by atoms with Gasteiger partial charge < -0.3 is 14.4 Å². The predicted molar refractivity (Wildman–Crippen MR) is 117 cm³/mol. The van der Waals surface area contributed by atoms with Crippen LogP contribution in [-0.2, 0) is 4.79 Å². The molecular formula is C23H30N4O2S. The van der Waals surface area contributed by atoms with Crippen LogP contribution in [0.3, 0.4) is 0 Å². The highest BCUT2D eigenvalue weighted by molar-refractivity contribution is 7.08. The summed E-state index contributed by atoms with van der Waals surface area (Å²) in [4.78, 5) is 35.7. The number of hydrogen-bond acceptors (Lipinski definition) is 4. The molecule has 0 aromatic carbocycles. The van der Waals surface area contributed by atoms with Crippen LogP contribution < -0.4 is 0 Å². The molecule has 3 fully saturated rings. The second kappa shape index (κ2) is 7.52. The van der Waals surface area contributed by atoms with Crippen LogP contribution in [0.5, 0.6) is 0 Å². The molecule has 30 heavy (non-hydrogen) atoms. The van der Waals surface area contributed by atoms with E-state index in [1.807, 2.05) is 28.1 Å². The fourth-order valence-corrected chi connectivity index (χ4v) is 5.82. The molecule has 3 aliphatic rings. The topological polar surface area (TPSA) is 58.4 Å². The SMILES string of the molecule is CC(C)n1cnc([C@H]2CN(C(=O)c3ccsc3)C[C@@]23CCCN(CC2CC2)C3=O)c1. The van der Waals surface area contributed by atoms with Crippen LogP contribution >= 0.6 is 11.3 Å². The van der Waals surface area contributed by atoms with Crippen molar-refractivity contribution >= 4 is 23.2 Å². The van der Waals surface area contributed by atoms with Gasteiger partial charge >= 0.3 is 0 Å². The molecular weight excluding hydrogens is 396 g/mol. The average Bonchev–Trinajstić information content (AvgIpc) is 3.17. The molecule has 0 bridgehead atoms. The smallest absolute Gasteiger partial charge is 0.254 e. The Bertz CT molecular complexity index is 933. The van der Waals surface area contributed by atoms with E-state index in [9.17, 15) is 9.59 Å². The fraction of sp³-hybridized carbons (Fsp3) is 0.609. The molecule has 0 unspecified atom stereocenters. The van der Waals surface area contributed by atoms with E-state index in [2.05, 4.69) is 29.5 Å². The third-order valence-corrected chi connectivity index (χ3v) is 7.80. The zero-order chi connectivity index (χ0) is 20.9. The second-order valence-electron chi connectivity index (χ2n) is 9.54. The Kier molecular flexibility index (Phi) is 4.96. The van der Waals surface area contributed by atoms with Crippen LogP contribution in [0.1, 0.15) is 67.5 Å². The first-order valence-corrected chi connectivity index (χ1v) is 12.1. The van der Waals surface area contributed by atoms with Gasteiger partial charge in [0.15, 0.2) is 0 Å². The highest BCUT2D eigenvalue weighted by atomic mass is 32.1. The maximum absolute atomic E-state index is 13.8. The molecule has 0 N–H and O–H groups in total. The molecule has 5 rings (SSSR count).